The van der Waals surface area contributed by atoms with Gasteiger partial charge in [-0.3, -0.25) is 4.79 Å². The Morgan fingerprint density at radius 1 is 1.38 bits per heavy atom. The number of carbonyl (C=O) groups excluding carboxylic acids is 1. The molecule has 3 aliphatic carbocycles. The molecule has 0 aliphatic heterocycles. The van der Waals surface area contributed by atoms with Crippen molar-refractivity contribution in [1.29, 1.82) is 1.43 Å². The highest BCUT2D eigenvalue weighted by Gasteiger charge is 2.54. The number of fused-ring (bicyclic) bond motifs is 5. The highest BCUT2D eigenvalue weighted by molar-refractivity contribution is 5.87. The zero-order valence-corrected chi connectivity index (χ0v) is 12.1. The van der Waals surface area contributed by atoms with Gasteiger partial charge in [0, 0.05) is 13.2 Å². The monoisotopic (exact) mass is 290 g/mol. The fourth-order valence-electron chi connectivity index (χ4n) is 4.95. The van der Waals surface area contributed by atoms with Crippen molar-refractivity contribution in [2.75, 3.05) is 0 Å². The average molecular weight is 290 g/mol. The van der Waals surface area contributed by atoms with Gasteiger partial charge in [-0.2, -0.15) is 0 Å². The second-order valence-electron chi connectivity index (χ2n) is 6.99. The number of hydrogen-bond donors (Lipinski definition) is 2. The second kappa shape index (κ2) is 4.25. The maximum atomic E-state index is 12.4. The van der Waals surface area contributed by atoms with Crippen LogP contribution in [0.5, 0.6) is 11.5 Å². The average Bonchev–Trinajstić information content (AvgIpc) is 2.88. The summed E-state index contributed by atoms with van der Waals surface area (Å²) < 4.78 is 32.2. The SMILES string of the molecule is [2H]Oc1c([2H])c2c(c([2H])c1O)[C@H]1CC[C@]3(C)C(=O)CC[C@H]3[C@@H]1CC2[2H]. The first kappa shape index (κ1) is 9.50. The lowest BCUT2D eigenvalue weighted by atomic mass is 9.55. The molecule has 3 nitrogen and oxygen atoms in total. The van der Waals surface area contributed by atoms with Gasteiger partial charge in [-0.1, -0.05) is 6.92 Å². The van der Waals surface area contributed by atoms with Crippen LogP contribution in [0.25, 0.3) is 0 Å². The molecule has 3 aliphatic rings. The lowest BCUT2D eigenvalue weighted by Crippen LogP contribution is -2.42. The third-order valence-electron chi connectivity index (χ3n) is 6.12. The van der Waals surface area contributed by atoms with E-state index in [1.165, 1.54) is 0 Å². The predicted molar refractivity (Wildman–Crippen MR) is 79.4 cm³/mol. The molecule has 0 bridgehead atoms. The van der Waals surface area contributed by atoms with E-state index in [9.17, 15) is 9.90 Å². The maximum absolute atomic E-state index is 12.4. The van der Waals surface area contributed by atoms with Crippen molar-refractivity contribution >= 4 is 5.78 Å². The zero-order valence-electron chi connectivity index (χ0n) is 16.1. The molecule has 1 aromatic rings. The van der Waals surface area contributed by atoms with Crippen LogP contribution >= 0.6 is 0 Å². The summed E-state index contributed by atoms with van der Waals surface area (Å²) in [5.74, 6) is -0.175. The molecule has 1 unspecified atom stereocenters. The van der Waals surface area contributed by atoms with Gasteiger partial charge in [-0.05, 0) is 73.0 Å². The van der Waals surface area contributed by atoms with Crippen LogP contribution in [0.1, 0.15) is 60.2 Å². The molecule has 112 valence electrons. The minimum absolute atomic E-state index is 0.0112. The van der Waals surface area contributed by atoms with E-state index in [2.05, 4.69) is 5.11 Å². The van der Waals surface area contributed by atoms with E-state index in [-0.39, 0.29) is 41.0 Å². The van der Waals surface area contributed by atoms with Crippen LogP contribution in [0, 0.1) is 17.3 Å². The Kier molecular flexibility index (Phi) is 1.92. The normalized spacial score (nSPS) is 43.8. The molecule has 2 N–H and O–H groups in total. The largest absolute Gasteiger partial charge is 0.504 e. The zero-order chi connectivity index (χ0) is 18.1. The van der Waals surface area contributed by atoms with Crippen LogP contribution in [-0.2, 0) is 11.2 Å². The van der Waals surface area contributed by atoms with Crippen LogP contribution < -0.4 is 0 Å². The van der Waals surface area contributed by atoms with E-state index >= 15 is 0 Å². The van der Waals surface area contributed by atoms with E-state index in [0.29, 0.717) is 29.8 Å². The number of rotatable bonds is 1. The summed E-state index contributed by atoms with van der Waals surface area (Å²) >= 11 is 0. The molecule has 21 heavy (non-hydrogen) atoms. The minimum atomic E-state index is -0.694. The number of ketones is 1. The van der Waals surface area contributed by atoms with Gasteiger partial charge in [-0.15, -0.1) is 0 Å². The van der Waals surface area contributed by atoms with Crippen molar-refractivity contribution in [3.05, 3.63) is 23.2 Å². The molecule has 2 saturated carbocycles. The van der Waals surface area contributed by atoms with Crippen molar-refractivity contribution in [2.24, 2.45) is 17.3 Å². The summed E-state index contributed by atoms with van der Waals surface area (Å²) in [5.41, 5.74) is 0.664. The van der Waals surface area contributed by atoms with Crippen LogP contribution in [-0.4, -0.2) is 17.4 Å². The maximum Gasteiger partial charge on any atom is 0.293 e. The van der Waals surface area contributed by atoms with E-state index in [1.54, 1.807) is 0 Å². The molecule has 2 fully saturated rings. The molecule has 0 aromatic heterocycles. The number of carbonyl (C=O) groups is 1. The Labute approximate surface area is 130 Å². The highest BCUT2D eigenvalue weighted by atomic mass is 16.3. The number of hydrogen-bond acceptors (Lipinski definition) is 3. The standard InChI is InChI=1S/C18H22O3/c1-18-7-6-11-12(14(18)4-5-17(18)21)3-2-10-8-15(19)16(20)9-13(10)11/h8-9,11-12,14,19-20H,2-7H2,1H3/t11-,12+,14-,18-/m0/s1/i2D,8D,9D/hD/t2?,11-,12+,14-,18-. The first-order chi connectivity index (χ1) is 11.8. The van der Waals surface area contributed by atoms with Crippen LogP contribution in [0.4, 0.5) is 0 Å². The fourth-order valence-corrected chi connectivity index (χ4v) is 4.95. The number of phenolic OH excluding ortho intramolecular Hbond substituents is 2. The van der Waals surface area contributed by atoms with Gasteiger partial charge in [-0.25, -0.2) is 0 Å². The molecule has 0 heterocycles. The van der Waals surface area contributed by atoms with Gasteiger partial charge in [0.05, 0.1) is 2.74 Å². The van der Waals surface area contributed by atoms with Crippen LogP contribution in [0.2, 0.25) is 0 Å². The topological polar surface area (TPSA) is 57.5 Å². The molecule has 0 spiro atoms. The van der Waals surface area contributed by atoms with Crippen molar-refractivity contribution < 1.29 is 19.1 Å². The van der Waals surface area contributed by atoms with E-state index in [4.69, 9.17) is 5.54 Å². The van der Waals surface area contributed by atoms with E-state index < -0.39 is 12.1 Å². The highest BCUT2D eigenvalue weighted by Crippen LogP contribution is 2.59. The fraction of sp³-hybridized carbons (Fsp3) is 0.611. The third kappa shape index (κ3) is 1.69. The number of Topliss-reactive ketones (excluding diaryl/α,β-unsaturated/α-hetero) is 1. The predicted octanol–water partition coefficient (Wildman–Crippen LogP) is 3.52. The molecular formula is C18H22O3. The Balaban J connectivity index is 1.87. The summed E-state index contributed by atoms with van der Waals surface area (Å²) in [6.45, 7) is 2.05. The summed E-state index contributed by atoms with van der Waals surface area (Å²) in [5, 5.41) is 14.6. The second-order valence-corrected chi connectivity index (χ2v) is 6.99. The quantitative estimate of drug-likeness (QED) is 0.778. The molecule has 0 saturated heterocycles. The van der Waals surface area contributed by atoms with Crippen molar-refractivity contribution in [3.63, 3.8) is 0 Å². The lowest BCUT2D eigenvalue weighted by molar-refractivity contribution is -0.129. The molecular weight excluding hydrogens is 264 g/mol. The smallest absolute Gasteiger partial charge is 0.293 e. The van der Waals surface area contributed by atoms with Crippen molar-refractivity contribution in [1.82, 2.24) is 0 Å². The minimum Gasteiger partial charge on any atom is -0.504 e. The summed E-state index contributed by atoms with van der Waals surface area (Å²) in [7, 11) is 0. The number of phenols is 2. The Morgan fingerprint density at radius 2 is 2.24 bits per heavy atom. The number of aromatic hydroxyl groups is 2. The van der Waals surface area contributed by atoms with Gasteiger partial charge >= 0.3 is 0 Å². The van der Waals surface area contributed by atoms with Gasteiger partial charge < -0.3 is 10.2 Å². The van der Waals surface area contributed by atoms with Gasteiger partial charge in [0.25, 0.3) is 1.43 Å². The Morgan fingerprint density at radius 3 is 3.05 bits per heavy atom. The summed E-state index contributed by atoms with van der Waals surface area (Å²) in [4.78, 5) is 12.4. The van der Waals surface area contributed by atoms with E-state index in [0.717, 1.165) is 19.3 Å². The van der Waals surface area contributed by atoms with Crippen molar-refractivity contribution in [2.45, 2.75) is 51.3 Å². The first-order valence-electron chi connectivity index (χ1n) is 9.74. The molecule has 1 aromatic carbocycles. The van der Waals surface area contributed by atoms with Crippen molar-refractivity contribution in [3.8, 4) is 11.5 Å². The summed E-state index contributed by atoms with van der Waals surface area (Å²) in [6.07, 6.45) is 2.77. The van der Waals surface area contributed by atoms with E-state index in [1.807, 2.05) is 6.92 Å². The van der Waals surface area contributed by atoms with Crippen LogP contribution in [0.15, 0.2) is 12.1 Å². The molecule has 3 heteroatoms. The van der Waals surface area contributed by atoms with Gasteiger partial charge in [0.1, 0.15) is 5.78 Å². The molecule has 0 radical (unpaired) electrons. The summed E-state index contributed by atoms with van der Waals surface area (Å²) in [6, 6.07) is -0.263. The Bertz CT molecular complexity index is 765. The molecule has 4 rings (SSSR count). The van der Waals surface area contributed by atoms with Gasteiger partial charge in [0.15, 0.2) is 11.5 Å². The molecule has 0 amide bonds. The first-order valence-corrected chi connectivity index (χ1v) is 7.75. The number of benzene rings is 1. The van der Waals surface area contributed by atoms with Gasteiger partial charge in [0.2, 0.25) is 0 Å². The Hall–Kier alpha value is -1.51. The van der Waals surface area contributed by atoms with Crippen LogP contribution in [0.3, 0.4) is 0 Å². The molecule has 5 atom stereocenters. The third-order valence-corrected chi connectivity index (χ3v) is 6.12. The lowest BCUT2D eigenvalue weighted by Gasteiger charge is -2.48.